The van der Waals surface area contributed by atoms with Gasteiger partial charge >= 0.3 is 0 Å². The molecule has 1 aliphatic rings. The maximum absolute atomic E-state index is 11.1. The van der Waals surface area contributed by atoms with Crippen molar-refractivity contribution in [2.75, 3.05) is 5.73 Å². The Balaban J connectivity index is 1.96. The number of carbonyl (C=O) groups excluding carboxylic acids is 1. The van der Waals surface area contributed by atoms with Crippen LogP contribution in [0.5, 0.6) is 0 Å². The summed E-state index contributed by atoms with van der Waals surface area (Å²) < 4.78 is 0. The topological polar surface area (TPSA) is 43.1 Å². The molecule has 2 N–H and O–H groups in total. The lowest BCUT2D eigenvalue weighted by atomic mass is 9.88. The summed E-state index contributed by atoms with van der Waals surface area (Å²) >= 11 is 0. The SMILES string of the molecule is CC(=O)CCC1CCCC(c2ccc(N)cc2C)CC1. The first-order valence-corrected chi connectivity index (χ1v) is 7.91. The lowest BCUT2D eigenvalue weighted by molar-refractivity contribution is -0.117. The molecule has 0 aromatic heterocycles. The molecule has 1 aliphatic carbocycles. The zero-order valence-electron chi connectivity index (χ0n) is 12.8. The smallest absolute Gasteiger partial charge is 0.129 e. The van der Waals surface area contributed by atoms with E-state index in [1.807, 2.05) is 6.07 Å². The first-order valence-electron chi connectivity index (χ1n) is 7.91. The maximum Gasteiger partial charge on any atom is 0.129 e. The minimum Gasteiger partial charge on any atom is -0.399 e. The van der Waals surface area contributed by atoms with Crippen molar-refractivity contribution in [1.82, 2.24) is 0 Å². The van der Waals surface area contributed by atoms with Crippen molar-refractivity contribution in [2.45, 2.75) is 64.7 Å². The van der Waals surface area contributed by atoms with Gasteiger partial charge in [0.25, 0.3) is 0 Å². The Morgan fingerprint density at radius 3 is 2.75 bits per heavy atom. The molecule has 0 saturated heterocycles. The van der Waals surface area contributed by atoms with Gasteiger partial charge in [-0.1, -0.05) is 18.9 Å². The lowest BCUT2D eigenvalue weighted by Gasteiger charge is -2.18. The average Bonchev–Trinajstić information content (AvgIpc) is 2.62. The van der Waals surface area contributed by atoms with Gasteiger partial charge in [-0.15, -0.1) is 0 Å². The Morgan fingerprint density at radius 2 is 2.05 bits per heavy atom. The molecule has 0 amide bonds. The normalized spacial score (nSPS) is 23.3. The highest BCUT2D eigenvalue weighted by atomic mass is 16.1. The van der Waals surface area contributed by atoms with Gasteiger partial charge in [0.1, 0.15) is 5.78 Å². The average molecular weight is 273 g/mol. The van der Waals surface area contributed by atoms with Gasteiger partial charge in [0.2, 0.25) is 0 Å². The number of nitrogen functional groups attached to an aromatic ring is 1. The molecule has 2 nitrogen and oxygen atoms in total. The number of hydrogen-bond donors (Lipinski definition) is 1. The molecule has 2 heteroatoms. The van der Waals surface area contributed by atoms with E-state index in [0.717, 1.165) is 24.4 Å². The Morgan fingerprint density at radius 1 is 1.25 bits per heavy atom. The molecule has 1 aromatic carbocycles. The third-order valence-electron chi connectivity index (χ3n) is 4.73. The van der Waals surface area contributed by atoms with Crippen LogP contribution >= 0.6 is 0 Å². The molecular weight excluding hydrogens is 246 g/mol. The number of nitrogens with two attached hydrogens (primary N) is 1. The second kappa shape index (κ2) is 6.92. The van der Waals surface area contributed by atoms with Crippen LogP contribution in [-0.2, 0) is 4.79 Å². The molecule has 0 spiro atoms. The minimum absolute atomic E-state index is 0.333. The van der Waals surface area contributed by atoms with Gasteiger partial charge in [0.15, 0.2) is 0 Å². The van der Waals surface area contributed by atoms with Gasteiger partial charge in [-0.05, 0) is 74.6 Å². The molecule has 0 heterocycles. The number of rotatable bonds is 4. The van der Waals surface area contributed by atoms with Gasteiger partial charge in [-0.3, -0.25) is 0 Å². The summed E-state index contributed by atoms with van der Waals surface area (Å²) in [5, 5.41) is 0. The maximum atomic E-state index is 11.1. The van der Waals surface area contributed by atoms with Crippen LogP contribution in [0.4, 0.5) is 5.69 Å². The lowest BCUT2D eigenvalue weighted by Crippen LogP contribution is -2.03. The molecule has 2 rings (SSSR count). The summed E-state index contributed by atoms with van der Waals surface area (Å²) in [7, 11) is 0. The van der Waals surface area contributed by atoms with Crippen LogP contribution < -0.4 is 5.73 Å². The van der Waals surface area contributed by atoms with Crippen LogP contribution in [0.25, 0.3) is 0 Å². The number of anilines is 1. The van der Waals surface area contributed by atoms with Gasteiger partial charge in [-0.25, -0.2) is 0 Å². The van der Waals surface area contributed by atoms with Crippen LogP contribution in [0, 0.1) is 12.8 Å². The highest BCUT2D eigenvalue weighted by Gasteiger charge is 2.21. The van der Waals surface area contributed by atoms with E-state index < -0.39 is 0 Å². The van der Waals surface area contributed by atoms with Gasteiger partial charge in [0, 0.05) is 12.1 Å². The predicted molar refractivity (Wildman–Crippen MR) is 84.8 cm³/mol. The quantitative estimate of drug-likeness (QED) is 0.643. The molecule has 0 radical (unpaired) electrons. The molecule has 1 aromatic rings. The van der Waals surface area contributed by atoms with Crippen LogP contribution in [0.3, 0.4) is 0 Å². The van der Waals surface area contributed by atoms with Crippen molar-refractivity contribution in [1.29, 1.82) is 0 Å². The van der Waals surface area contributed by atoms with Crippen LogP contribution in [-0.4, -0.2) is 5.78 Å². The fourth-order valence-corrected chi connectivity index (χ4v) is 3.54. The monoisotopic (exact) mass is 273 g/mol. The van der Waals surface area contributed by atoms with Crippen LogP contribution in [0.2, 0.25) is 0 Å². The number of carbonyl (C=O) groups is 1. The molecule has 0 bridgehead atoms. The van der Waals surface area contributed by atoms with Gasteiger partial charge < -0.3 is 10.5 Å². The number of hydrogen-bond acceptors (Lipinski definition) is 2. The Labute approximate surface area is 122 Å². The Bertz CT molecular complexity index is 466. The molecule has 0 aliphatic heterocycles. The summed E-state index contributed by atoms with van der Waals surface area (Å²) in [6.45, 7) is 3.88. The van der Waals surface area contributed by atoms with Crippen molar-refractivity contribution in [3.05, 3.63) is 29.3 Å². The van der Waals surface area contributed by atoms with Gasteiger partial charge in [0.05, 0.1) is 0 Å². The highest BCUT2D eigenvalue weighted by molar-refractivity contribution is 5.75. The minimum atomic E-state index is 0.333. The summed E-state index contributed by atoms with van der Waals surface area (Å²) in [6.07, 6.45) is 8.23. The second-order valence-electron chi connectivity index (χ2n) is 6.43. The van der Waals surface area contributed by atoms with E-state index >= 15 is 0 Å². The summed E-state index contributed by atoms with van der Waals surface area (Å²) in [6, 6.07) is 6.33. The second-order valence-corrected chi connectivity index (χ2v) is 6.43. The van der Waals surface area contributed by atoms with E-state index in [4.69, 9.17) is 5.73 Å². The van der Waals surface area contributed by atoms with Crippen molar-refractivity contribution in [3.8, 4) is 0 Å². The predicted octanol–water partition coefficient (Wildman–Crippen LogP) is 4.61. The van der Waals surface area contributed by atoms with Crippen LogP contribution in [0.15, 0.2) is 18.2 Å². The Hall–Kier alpha value is -1.31. The molecular formula is C18H27NO. The van der Waals surface area contributed by atoms with E-state index in [9.17, 15) is 4.79 Å². The third kappa shape index (κ3) is 4.09. The summed E-state index contributed by atoms with van der Waals surface area (Å²) in [4.78, 5) is 11.1. The number of benzene rings is 1. The largest absolute Gasteiger partial charge is 0.399 e. The first kappa shape index (κ1) is 15.1. The van der Waals surface area contributed by atoms with Gasteiger partial charge in [-0.2, -0.15) is 0 Å². The van der Waals surface area contributed by atoms with Crippen LogP contribution in [0.1, 0.15) is 68.9 Å². The number of aryl methyl sites for hydroxylation is 1. The zero-order chi connectivity index (χ0) is 14.5. The number of ketones is 1. The molecule has 2 atom stereocenters. The van der Waals surface area contributed by atoms with Crippen molar-refractivity contribution in [3.63, 3.8) is 0 Å². The zero-order valence-corrected chi connectivity index (χ0v) is 12.8. The molecule has 2 unspecified atom stereocenters. The van der Waals surface area contributed by atoms with Crippen molar-refractivity contribution >= 4 is 11.5 Å². The van der Waals surface area contributed by atoms with E-state index in [1.54, 1.807) is 6.92 Å². The molecule has 110 valence electrons. The van der Waals surface area contributed by atoms with E-state index in [0.29, 0.717) is 11.7 Å². The van der Waals surface area contributed by atoms with E-state index in [1.165, 1.54) is 43.2 Å². The van der Waals surface area contributed by atoms with Crippen molar-refractivity contribution < 1.29 is 4.79 Å². The molecule has 20 heavy (non-hydrogen) atoms. The third-order valence-corrected chi connectivity index (χ3v) is 4.73. The molecule has 1 saturated carbocycles. The molecule has 1 fully saturated rings. The van der Waals surface area contributed by atoms with E-state index in [-0.39, 0.29) is 0 Å². The Kier molecular flexibility index (Phi) is 5.22. The van der Waals surface area contributed by atoms with E-state index in [2.05, 4.69) is 19.1 Å². The highest BCUT2D eigenvalue weighted by Crippen LogP contribution is 2.37. The van der Waals surface area contributed by atoms with Crippen molar-refractivity contribution in [2.24, 2.45) is 5.92 Å². The fourth-order valence-electron chi connectivity index (χ4n) is 3.54. The summed E-state index contributed by atoms with van der Waals surface area (Å²) in [5.41, 5.74) is 9.52. The fraction of sp³-hybridized carbons (Fsp3) is 0.611. The number of Topliss-reactive ketones (excluding diaryl/α,β-unsaturated/α-hetero) is 1. The standard InChI is InChI=1S/C18H27NO/c1-13-12-17(19)10-11-18(13)16-5-3-4-15(8-9-16)7-6-14(2)20/h10-12,15-16H,3-9,19H2,1-2H3. The summed E-state index contributed by atoms with van der Waals surface area (Å²) in [5.74, 6) is 1.76. The first-order chi connectivity index (χ1) is 9.56.